The fourth-order valence-electron chi connectivity index (χ4n) is 1.83. The Bertz CT molecular complexity index is 526. The van der Waals surface area contributed by atoms with Crippen LogP contribution in [0.2, 0.25) is 0 Å². The topological polar surface area (TPSA) is 26.0 Å². The first kappa shape index (κ1) is 10.5. The molecule has 2 N–H and O–H groups in total. The first-order valence-corrected chi connectivity index (χ1v) is 5.30. The van der Waals surface area contributed by atoms with E-state index in [9.17, 15) is 0 Å². The quantitative estimate of drug-likeness (QED) is 0.744. The molecule has 0 aliphatic carbocycles. The summed E-state index contributed by atoms with van der Waals surface area (Å²) in [6.45, 7) is 6.01. The maximum absolute atomic E-state index is 5.99. The van der Waals surface area contributed by atoms with Crippen molar-refractivity contribution in [1.82, 2.24) is 0 Å². The van der Waals surface area contributed by atoms with Crippen LogP contribution in [0, 0.1) is 0 Å². The average molecular weight is 209 g/mol. The van der Waals surface area contributed by atoms with Crippen LogP contribution >= 0.6 is 0 Å². The van der Waals surface area contributed by atoms with Crippen LogP contribution in [0.15, 0.2) is 55.1 Å². The number of hydrogen-bond donors (Lipinski definition) is 1. The lowest BCUT2D eigenvalue weighted by Crippen LogP contribution is -1.92. The minimum absolute atomic E-state index is 0.802. The van der Waals surface area contributed by atoms with E-state index in [4.69, 9.17) is 5.73 Å². The summed E-state index contributed by atoms with van der Waals surface area (Å²) in [5, 5.41) is 0. The highest BCUT2D eigenvalue weighted by Crippen LogP contribution is 2.31. The van der Waals surface area contributed by atoms with E-state index in [1.165, 1.54) is 0 Å². The van der Waals surface area contributed by atoms with E-state index >= 15 is 0 Å². The third-order valence-corrected chi connectivity index (χ3v) is 2.64. The third-order valence-electron chi connectivity index (χ3n) is 2.64. The van der Waals surface area contributed by atoms with Crippen LogP contribution in [-0.2, 0) is 0 Å². The molecule has 1 nitrogen and oxygen atoms in total. The zero-order valence-electron chi connectivity index (χ0n) is 9.40. The molecule has 0 spiro atoms. The van der Waals surface area contributed by atoms with E-state index in [2.05, 4.69) is 18.7 Å². The van der Waals surface area contributed by atoms with Crippen molar-refractivity contribution in [2.75, 3.05) is 5.73 Å². The molecule has 0 aliphatic rings. The molecule has 0 unspecified atom stereocenters. The number of para-hydroxylation sites is 1. The maximum atomic E-state index is 5.99. The molecule has 0 saturated heterocycles. The summed E-state index contributed by atoms with van der Waals surface area (Å²) in [4.78, 5) is 0. The Balaban J connectivity index is 2.65. The van der Waals surface area contributed by atoms with Gasteiger partial charge in [-0.2, -0.15) is 0 Å². The number of anilines is 1. The van der Waals surface area contributed by atoms with Gasteiger partial charge in [0.1, 0.15) is 0 Å². The molecule has 0 aliphatic heterocycles. The van der Waals surface area contributed by atoms with Crippen LogP contribution in [0.3, 0.4) is 0 Å². The first-order chi connectivity index (χ1) is 7.70. The highest BCUT2D eigenvalue weighted by atomic mass is 14.6. The second kappa shape index (κ2) is 4.23. The van der Waals surface area contributed by atoms with E-state index in [0.29, 0.717) is 0 Å². The van der Waals surface area contributed by atoms with Crippen molar-refractivity contribution >= 4 is 11.3 Å². The van der Waals surface area contributed by atoms with Gasteiger partial charge in [-0.3, -0.25) is 0 Å². The second-order valence-corrected chi connectivity index (χ2v) is 3.91. The van der Waals surface area contributed by atoms with Gasteiger partial charge in [0.2, 0.25) is 0 Å². The minimum Gasteiger partial charge on any atom is -0.398 e. The van der Waals surface area contributed by atoms with Gasteiger partial charge in [0.25, 0.3) is 0 Å². The Labute approximate surface area is 96.2 Å². The molecule has 80 valence electrons. The Morgan fingerprint density at radius 2 is 1.50 bits per heavy atom. The first-order valence-electron chi connectivity index (χ1n) is 5.30. The summed E-state index contributed by atoms with van der Waals surface area (Å²) in [5.74, 6) is 0. The van der Waals surface area contributed by atoms with Crippen LogP contribution in [0.5, 0.6) is 0 Å². The fraction of sp³-hybridized carbons (Fsp3) is 0.0667. The maximum Gasteiger partial charge on any atom is 0.0393 e. The molecule has 0 saturated carbocycles. The molecular weight excluding hydrogens is 194 g/mol. The predicted molar refractivity (Wildman–Crippen MR) is 71.0 cm³/mol. The molecule has 2 aromatic rings. The van der Waals surface area contributed by atoms with Gasteiger partial charge < -0.3 is 5.73 Å². The van der Waals surface area contributed by atoms with Crippen molar-refractivity contribution in [2.24, 2.45) is 0 Å². The molecule has 0 aromatic heterocycles. The molecule has 0 radical (unpaired) electrons. The van der Waals surface area contributed by atoms with E-state index in [0.717, 1.165) is 28.0 Å². The molecule has 0 bridgehead atoms. The molecule has 1 heteroatoms. The molecule has 2 aromatic carbocycles. The zero-order valence-corrected chi connectivity index (χ0v) is 9.40. The third kappa shape index (κ3) is 1.84. The van der Waals surface area contributed by atoms with E-state index in [1.807, 2.05) is 43.3 Å². The van der Waals surface area contributed by atoms with Crippen LogP contribution < -0.4 is 5.73 Å². The largest absolute Gasteiger partial charge is 0.398 e. The second-order valence-electron chi connectivity index (χ2n) is 3.91. The van der Waals surface area contributed by atoms with Gasteiger partial charge >= 0.3 is 0 Å². The van der Waals surface area contributed by atoms with Crippen LogP contribution in [0.25, 0.3) is 16.7 Å². The van der Waals surface area contributed by atoms with E-state index in [-0.39, 0.29) is 0 Å². The smallest absolute Gasteiger partial charge is 0.0393 e. The summed E-state index contributed by atoms with van der Waals surface area (Å²) >= 11 is 0. The lowest BCUT2D eigenvalue weighted by Gasteiger charge is -2.11. The van der Waals surface area contributed by atoms with Gasteiger partial charge in [0.15, 0.2) is 0 Å². The summed E-state index contributed by atoms with van der Waals surface area (Å²) in [6, 6.07) is 16.1. The van der Waals surface area contributed by atoms with Gasteiger partial charge in [-0.05, 0) is 24.1 Å². The van der Waals surface area contributed by atoms with Crippen molar-refractivity contribution in [3.63, 3.8) is 0 Å². The molecule has 0 atom stereocenters. The molecule has 2 rings (SSSR count). The van der Waals surface area contributed by atoms with Gasteiger partial charge in [-0.1, -0.05) is 54.6 Å². The normalized spacial score (nSPS) is 10.1. The number of allylic oxidation sites excluding steroid dienone is 1. The molecule has 0 heterocycles. The lowest BCUT2D eigenvalue weighted by atomic mass is 9.95. The fourth-order valence-corrected chi connectivity index (χ4v) is 1.83. The van der Waals surface area contributed by atoms with Gasteiger partial charge in [0.05, 0.1) is 0 Å². The zero-order chi connectivity index (χ0) is 11.5. The van der Waals surface area contributed by atoms with Crippen molar-refractivity contribution in [1.29, 1.82) is 0 Å². The van der Waals surface area contributed by atoms with Crippen molar-refractivity contribution in [3.8, 4) is 11.1 Å². The van der Waals surface area contributed by atoms with Crippen molar-refractivity contribution < 1.29 is 0 Å². The Morgan fingerprint density at radius 1 is 0.938 bits per heavy atom. The van der Waals surface area contributed by atoms with Crippen molar-refractivity contribution in [3.05, 3.63) is 60.7 Å². The average Bonchev–Trinajstić information content (AvgIpc) is 2.29. The minimum atomic E-state index is 0.802. The summed E-state index contributed by atoms with van der Waals surface area (Å²) in [5.41, 5.74) is 11.2. The van der Waals surface area contributed by atoms with Crippen LogP contribution in [0.1, 0.15) is 12.5 Å². The lowest BCUT2D eigenvalue weighted by molar-refractivity contribution is 1.54. The molecule has 0 fully saturated rings. The standard InChI is InChI=1S/C15H15N/c1-11(2)12-7-3-4-8-13(12)14-9-5-6-10-15(14)16/h3-10H,1,16H2,2H3. The summed E-state index contributed by atoms with van der Waals surface area (Å²) in [7, 11) is 0. The van der Waals surface area contributed by atoms with Gasteiger partial charge in [0, 0.05) is 11.3 Å². The van der Waals surface area contributed by atoms with Crippen LogP contribution in [-0.4, -0.2) is 0 Å². The number of nitrogens with two attached hydrogens (primary N) is 1. The highest BCUT2D eigenvalue weighted by molar-refractivity contribution is 5.85. The van der Waals surface area contributed by atoms with Crippen molar-refractivity contribution in [2.45, 2.75) is 6.92 Å². The van der Waals surface area contributed by atoms with E-state index < -0.39 is 0 Å². The number of rotatable bonds is 2. The summed E-state index contributed by atoms with van der Waals surface area (Å²) in [6.07, 6.45) is 0. The highest BCUT2D eigenvalue weighted by Gasteiger charge is 2.06. The number of nitrogen functional groups attached to an aromatic ring is 1. The number of hydrogen-bond acceptors (Lipinski definition) is 1. The van der Waals surface area contributed by atoms with Gasteiger partial charge in [-0.25, -0.2) is 0 Å². The monoisotopic (exact) mass is 209 g/mol. The Morgan fingerprint density at radius 3 is 2.12 bits per heavy atom. The number of benzene rings is 2. The molecule has 16 heavy (non-hydrogen) atoms. The van der Waals surface area contributed by atoms with E-state index in [1.54, 1.807) is 0 Å². The Hall–Kier alpha value is -2.02. The Kier molecular flexibility index (Phi) is 2.78. The van der Waals surface area contributed by atoms with Gasteiger partial charge in [-0.15, -0.1) is 0 Å². The molecule has 0 amide bonds. The molecular formula is C15H15N. The van der Waals surface area contributed by atoms with Crippen LogP contribution in [0.4, 0.5) is 5.69 Å². The SMILES string of the molecule is C=C(C)c1ccccc1-c1ccccc1N. The predicted octanol–water partition coefficient (Wildman–Crippen LogP) is 3.97. The summed E-state index contributed by atoms with van der Waals surface area (Å²) < 4.78 is 0.